The number of halogens is 1. The highest BCUT2D eigenvalue weighted by Gasteiger charge is 2.36. The number of piperazine rings is 1. The van der Waals surface area contributed by atoms with Crippen molar-refractivity contribution in [3.8, 4) is 0 Å². The van der Waals surface area contributed by atoms with E-state index in [0.29, 0.717) is 12.5 Å². The van der Waals surface area contributed by atoms with Crippen molar-refractivity contribution in [2.75, 3.05) is 38.1 Å². The summed E-state index contributed by atoms with van der Waals surface area (Å²) in [6.45, 7) is 9.03. The zero-order valence-electron chi connectivity index (χ0n) is 16.5. The van der Waals surface area contributed by atoms with Crippen molar-refractivity contribution in [2.45, 2.75) is 38.8 Å². The van der Waals surface area contributed by atoms with Crippen LogP contribution < -0.4 is 10.2 Å². The predicted octanol–water partition coefficient (Wildman–Crippen LogP) is 4.14. The fourth-order valence-corrected chi connectivity index (χ4v) is 3.98. The third kappa shape index (κ3) is 4.19. The Kier molecular flexibility index (Phi) is 5.24. The molecule has 0 spiro atoms. The number of likely N-dealkylation sites (N-methyl/N-ethyl adjacent to an activating group) is 1. The monoisotopic (exact) mass is 371 g/mol. The molecule has 0 bridgehead atoms. The Labute approximate surface area is 161 Å². The van der Waals surface area contributed by atoms with E-state index in [-0.39, 0.29) is 11.9 Å². The molecule has 2 fully saturated rings. The maximum absolute atomic E-state index is 14.0. The van der Waals surface area contributed by atoms with Crippen LogP contribution in [0.25, 0.3) is 0 Å². The second-order valence-corrected chi connectivity index (χ2v) is 8.22. The van der Waals surface area contributed by atoms with Crippen LogP contribution in [0.3, 0.4) is 0 Å². The lowest BCUT2D eigenvalue weighted by Gasteiger charge is -2.36. The number of nitrogens with one attached hydrogen (secondary N) is 1. The highest BCUT2D eigenvalue weighted by molar-refractivity contribution is 5.55. The van der Waals surface area contributed by atoms with Gasteiger partial charge in [-0.25, -0.2) is 4.39 Å². The van der Waals surface area contributed by atoms with Crippen LogP contribution in [0.15, 0.2) is 34.7 Å². The van der Waals surface area contributed by atoms with E-state index < -0.39 is 0 Å². The summed E-state index contributed by atoms with van der Waals surface area (Å²) in [6.07, 6.45) is 1.23. The zero-order chi connectivity index (χ0) is 19.0. The SMILES string of the molecule is CC(NCc1ccc(C2CC2C)o1)c1cc(F)ccc1N1CCN(C)CC1. The van der Waals surface area contributed by atoms with Gasteiger partial charge in [0.2, 0.25) is 0 Å². The van der Waals surface area contributed by atoms with Crippen molar-refractivity contribution < 1.29 is 8.81 Å². The van der Waals surface area contributed by atoms with Crippen LogP contribution >= 0.6 is 0 Å². The number of hydrogen-bond donors (Lipinski definition) is 1. The summed E-state index contributed by atoms with van der Waals surface area (Å²) in [4.78, 5) is 4.70. The minimum Gasteiger partial charge on any atom is -0.464 e. The molecule has 1 N–H and O–H groups in total. The molecular weight excluding hydrogens is 341 g/mol. The van der Waals surface area contributed by atoms with Crippen molar-refractivity contribution in [1.82, 2.24) is 10.2 Å². The molecule has 5 heteroatoms. The highest BCUT2D eigenvalue weighted by Crippen LogP contribution is 2.47. The van der Waals surface area contributed by atoms with Crippen LogP contribution in [0, 0.1) is 11.7 Å². The molecule has 4 nitrogen and oxygen atoms in total. The number of nitrogens with zero attached hydrogens (tertiary/aromatic N) is 2. The van der Waals surface area contributed by atoms with Crippen LogP contribution in [0.4, 0.5) is 10.1 Å². The second-order valence-electron chi connectivity index (χ2n) is 8.22. The average molecular weight is 372 g/mol. The Morgan fingerprint density at radius 2 is 1.93 bits per heavy atom. The lowest BCUT2D eigenvalue weighted by molar-refractivity contribution is 0.312. The van der Waals surface area contributed by atoms with E-state index in [1.807, 2.05) is 6.07 Å². The molecule has 3 unspecified atom stereocenters. The van der Waals surface area contributed by atoms with Crippen molar-refractivity contribution in [2.24, 2.45) is 5.92 Å². The first-order valence-corrected chi connectivity index (χ1v) is 10.1. The van der Waals surface area contributed by atoms with Gasteiger partial charge in [0, 0.05) is 43.8 Å². The van der Waals surface area contributed by atoms with Crippen LogP contribution in [-0.2, 0) is 6.54 Å². The molecule has 2 aromatic rings. The summed E-state index contributed by atoms with van der Waals surface area (Å²) in [6, 6.07) is 9.38. The Hall–Kier alpha value is -1.85. The number of benzene rings is 1. The molecule has 1 saturated heterocycles. The summed E-state index contributed by atoms with van der Waals surface area (Å²) in [7, 11) is 2.15. The van der Waals surface area contributed by atoms with Crippen LogP contribution in [0.5, 0.6) is 0 Å². The molecular formula is C22H30FN3O. The number of furan rings is 1. The van der Waals surface area contributed by atoms with Gasteiger partial charge in [0.25, 0.3) is 0 Å². The molecule has 3 atom stereocenters. The van der Waals surface area contributed by atoms with E-state index in [4.69, 9.17) is 4.42 Å². The van der Waals surface area contributed by atoms with Crippen molar-refractivity contribution >= 4 is 5.69 Å². The summed E-state index contributed by atoms with van der Waals surface area (Å²) < 4.78 is 20.0. The first kappa shape index (κ1) is 18.5. The summed E-state index contributed by atoms with van der Waals surface area (Å²) >= 11 is 0. The highest BCUT2D eigenvalue weighted by atomic mass is 19.1. The van der Waals surface area contributed by atoms with E-state index >= 15 is 0 Å². The van der Waals surface area contributed by atoms with Gasteiger partial charge >= 0.3 is 0 Å². The Bertz CT molecular complexity index is 782. The van der Waals surface area contributed by atoms with Crippen LogP contribution in [0.2, 0.25) is 0 Å². The zero-order valence-corrected chi connectivity index (χ0v) is 16.5. The third-order valence-corrected chi connectivity index (χ3v) is 6.04. The summed E-state index contributed by atoms with van der Waals surface area (Å²) in [5, 5.41) is 3.52. The third-order valence-electron chi connectivity index (χ3n) is 6.04. The van der Waals surface area contributed by atoms with Gasteiger partial charge in [-0.05, 0) is 62.2 Å². The Balaban J connectivity index is 1.43. The molecule has 146 valence electrons. The van der Waals surface area contributed by atoms with E-state index in [9.17, 15) is 4.39 Å². The molecule has 0 amide bonds. The first-order chi connectivity index (χ1) is 13.0. The van der Waals surface area contributed by atoms with Gasteiger partial charge in [0.15, 0.2) is 0 Å². The van der Waals surface area contributed by atoms with Gasteiger partial charge in [-0.15, -0.1) is 0 Å². The Morgan fingerprint density at radius 1 is 1.19 bits per heavy atom. The largest absolute Gasteiger partial charge is 0.464 e. The fraction of sp³-hybridized carbons (Fsp3) is 0.545. The van der Waals surface area contributed by atoms with Gasteiger partial charge in [-0.1, -0.05) is 6.92 Å². The second kappa shape index (κ2) is 7.64. The Morgan fingerprint density at radius 3 is 2.63 bits per heavy atom. The predicted molar refractivity (Wildman–Crippen MR) is 107 cm³/mol. The van der Waals surface area contributed by atoms with Gasteiger partial charge in [0.1, 0.15) is 17.3 Å². The average Bonchev–Trinajstić information content (AvgIpc) is 3.20. The van der Waals surface area contributed by atoms with Crippen molar-refractivity contribution in [3.63, 3.8) is 0 Å². The molecule has 1 aromatic carbocycles. The van der Waals surface area contributed by atoms with Crippen molar-refractivity contribution in [3.05, 3.63) is 53.2 Å². The van der Waals surface area contributed by atoms with Gasteiger partial charge in [-0.2, -0.15) is 0 Å². The smallest absolute Gasteiger partial charge is 0.123 e. The molecule has 1 aromatic heterocycles. The number of anilines is 1. The van der Waals surface area contributed by atoms with Crippen LogP contribution in [0.1, 0.15) is 49.3 Å². The van der Waals surface area contributed by atoms with E-state index in [2.05, 4.69) is 48.1 Å². The first-order valence-electron chi connectivity index (χ1n) is 10.1. The standard InChI is InChI=1S/C22H30FN3O/c1-15-12-19(15)22-7-5-18(27-22)14-24-16(2)20-13-17(23)4-6-21(20)26-10-8-25(3)9-11-26/h4-7,13,15-16,19,24H,8-12,14H2,1-3H3. The summed E-state index contributed by atoms with van der Waals surface area (Å²) in [5.41, 5.74) is 2.15. The van der Waals surface area contributed by atoms with E-state index in [1.165, 1.54) is 6.42 Å². The van der Waals surface area contributed by atoms with E-state index in [0.717, 1.165) is 54.9 Å². The number of rotatable bonds is 6. The normalized spacial score (nSPS) is 24.2. The summed E-state index contributed by atoms with van der Waals surface area (Å²) in [5.74, 6) is 3.22. The minimum atomic E-state index is -0.181. The molecule has 27 heavy (non-hydrogen) atoms. The van der Waals surface area contributed by atoms with Crippen LogP contribution in [-0.4, -0.2) is 38.1 Å². The lowest BCUT2D eigenvalue weighted by Crippen LogP contribution is -2.45. The lowest BCUT2D eigenvalue weighted by atomic mass is 10.0. The quantitative estimate of drug-likeness (QED) is 0.827. The topological polar surface area (TPSA) is 31.7 Å². The maximum Gasteiger partial charge on any atom is 0.123 e. The molecule has 1 aliphatic carbocycles. The molecule has 2 heterocycles. The molecule has 1 aliphatic heterocycles. The molecule has 2 aliphatic rings. The number of hydrogen-bond acceptors (Lipinski definition) is 4. The fourth-order valence-electron chi connectivity index (χ4n) is 3.98. The van der Waals surface area contributed by atoms with E-state index in [1.54, 1.807) is 12.1 Å². The minimum absolute atomic E-state index is 0.0451. The van der Waals surface area contributed by atoms with Gasteiger partial charge in [0.05, 0.1) is 6.54 Å². The molecule has 4 rings (SSSR count). The van der Waals surface area contributed by atoms with Gasteiger partial charge in [-0.3, -0.25) is 0 Å². The van der Waals surface area contributed by atoms with Crippen molar-refractivity contribution in [1.29, 1.82) is 0 Å². The molecule has 0 radical (unpaired) electrons. The van der Waals surface area contributed by atoms with Gasteiger partial charge < -0.3 is 19.5 Å². The molecule has 1 saturated carbocycles. The maximum atomic E-state index is 14.0.